The van der Waals surface area contributed by atoms with E-state index in [1.165, 1.54) is 6.42 Å². The molecule has 1 atom stereocenters. The van der Waals surface area contributed by atoms with E-state index >= 15 is 0 Å². The molecule has 1 aliphatic carbocycles. The highest BCUT2D eigenvalue weighted by Gasteiger charge is 2.35. The van der Waals surface area contributed by atoms with Gasteiger partial charge >= 0.3 is 0 Å². The Balaban J connectivity index is 2.03. The van der Waals surface area contributed by atoms with Crippen molar-refractivity contribution < 1.29 is 4.79 Å². The minimum absolute atomic E-state index is 0.0430. The van der Waals surface area contributed by atoms with E-state index in [0.717, 1.165) is 18.4 Å². The second-order valence-corrected chi connectivity index (χ2v) is 6.02. The quantitative estimate of drug-likeness (QED) is 0.811. The molecule has 1 aromatic rings. The van der Waals surface area contributed by atoms with Crippen LogP contribution in [-0.2, 0) is 11.2 Å². The van der Waals surface area contributed by atoms with Crippen molar-refractivity contribution in [2.45, 2.75) is 38.1 Å². The highest BCUT2D eigenvalue weighted by atomic mass is 32.1. The highest BCUT2D eigenvalue weighted by Crippen LogP contribution is 2.31. The molecule has 0 aliphatic heterocycles. The number of amides is 1. The molecule has 0 spiro atoms. The highest BCUT2D eigenvalue weighted by molar-refractivity contribution is 7.80. The molecule has 0 radical (unpaired) electrons. The Morgan fingerprint density at radius 3 is 2.53 bits per heavy atom. The van der Waals surface area contributed by atoms with E-state index in [9.17, 15) is 4.79 Å². The molecule has 2 rings (SSSR count). The molecular formula is C15H20N2OS. The molecule has 1 amide bonds. The van der Waals surface area contributed by atoms with Gasteiger partial charge in [-0.2, -0.15) is 0 Å². The molecule has 3 N–H and O–H groups in total. The average molecular weight is 276 g/mol. The lowest BCUT2D eigenvalue weighted by Crippen LogP contribution is -2.54. The zero-order valence-electron chi connectivity index (χ0n) is 11.2. The summed E-state index contributed by atoms with van der Waals surface area (Å²) in [6, 6.07) is 9.84. The van der Waals surface area contributed by atoms with Crippen LogP contribution in [0.4, 0.5) is 0 Å². The normalized spacial score (nSPS) is 18.2. The zero-order chi connectivity index (χ0) is 13.9. The van der Waals surface area contributed by atoms with Crippen LogP contribution in [0.5, 0.6) is 0 Å². The lowest BCUT2D eigenvalue weighted by atomic mass is 9.78. The third-order valence-electron chi connectivity index (χ3n) is 3.82. The molecule has 1 saturated carbocycles. The van der Waals surface area contributed by atoms with Crippen molar-refractivity contribution in [1.82, 2.24) is 5.32 Å². The van der Waals surface area contributed by atoms with Crippen molar-refractivity contribution in [2.24, 2.45) is 11.7 Å². The number of hydrogen-bond acceptors (Lipinski definition) is 2. The molecular weight excluding hydrogens is 256 g/mol. The second kappa shape index (κ2) is 5.70. The Morgan fingerprint density at radius 2 is 2.05 bits per heavy atom. The molecule has 0 bridgehead atoms. The molecule has 1 fully saturated rings. The van der Waals surface area contributed by atoms with Gasteiger partial charge in [0.05, 0.1) is 10.9 Å². The number of nitrogens with two attached hydrogens (primary N) is 1. The summed E-state index contributed by atoms with van der Waals surface area (Å²) < 4.78 is 0. The van der Waals surface area contributed by atoms with Crippen LogP contribution in [-0.4, -0.2) is 16.4 Å². The number of thiocarbonyl (C=S) groups is 1. The fourth-order valence-electron chi connectivity index (χ4n) is 2.39. The summed E-state index contributed by atoms with van der Waals surface area (Å²) in [6.07, 6.45) is 3.81. The van der Waals surface area contributed by atoms with Gasteiger partial charge in [0.15, 0.2) is 0 Å². The molecule has 0 aromatic heterocycles. The van der Waals surface area contributed by atoms with Crippen LogP contribution in [0.1, 0.15) is 31.7 Å². The maximum absolute atomic E-state index is 12.3. The van der Waals surface area contributed by atoms with Gasteiger partial charge in [0.2, 0.25) is 5.91 Å². The predicted molar refractivity (Wildman–Crippen MR) is 80.8 cm³/mol. The first-order valence-electron chi connectivity index (χ1n) is 6.65. The smallest absolute Gasteiger partial charge is 0.230 e. The second-order valence-electron chi connectivity index (χ2n) is 5.55. The van der Waals surface area contributed by atoms with E-state index in [0.29, 0.717) is 6.42 Å². The summed E-state index contributed by atoms with van der Waals surface area (Å²) in [7, 11) is 0. The van der Waals surface area contributed by atoms with Gasteiger partial charge in [0, 0.05) is 5.54 Å². The number of carbonyl (C=O) groups is 1. The summed E-state index contributed by atoms with van der Waals surface area (Å²) >= 11 is 5.05. The molecule has 1 aliphatic rings. The third kappa shape index (κ3) is 3.53. The molecule has 0 saturated heterocycles. The maximum Gasteiger partial charge on any atom is 0.230 e. The Bertz CT molecular complexity index is 468. The minimum Gasteiger partial charge on any atom is -0.393 e. The van der Waals surface area contributed by atoms with Gasteiger partial charge in [-0.1, -0.05) is 42.5 Å². The summed E-state index contributed by atoms with van der Waals surface area (Å²) in [5.41, 5.74) is 6.75. The third-order valence-corrected chi connectivity index (χ3v) is 4.11. The summed E-state index contributed by atoms with van der Waals surface area (Å²) in [4.78, 5) is 12.6. The van der Waals surface area contributed by atoms with E-state index in [2.05, 4.69) is 12.2 Å². The van der Waals surface area contributed by atoms with E-state index in [1.807, 2.05) is 30.3 Å². The Hall–Kier alpha value is -1.42. The topological polar surface area (TPSA) is 55.1 Å². The Morgan fingerprint density at radius 1 is 1.42 bits per heavy atom. The van der Waals surface area contributed by atoms with Crippen molar-refractivity contribution in [3.63, 3.8) is 0 Å². The van der Waals surface area contributed by atoms with Crippen LogP contribution in [0.3, 0.4) is 0 Å². The van der Waals surface area contributed by atoms with Crippen LogP contribution in [0.15, 0.2) is 30.3 Å². The van der Waals surface area contributed by atoms with E-state index in [1.54, 1.807) is 0 Å². The first-order chi connectivity index (χ1) is 9.00. The van der Waals surface area contributed by atoms with Gasteiger partial charge < -0.3 is 11.1 Å². The molecule has 102 valence electrons. The van der Waals surface area contributed by atoms with Gasteiger partial charge in [-0.25, -0.2) is 0 Å². The largest absolute Gasteiger partial charge is 0.393 e. The Labute approximate surface area is 119 Å². The van der Waals surface area contributed by atoms with Crippen molar-refractivity contribution in [1.29, 1.82) is 0 Å². The van der Waals surface area contributed by atoms with Crippen molar-refractivity contribution in [3.05, 3.63) is 35.9 Å². The van der Waals surface area contributed by atoms with Gasteiger partial charge in [0.1, 0.15) is 0 Å². The standard InChI is InChI=1S/C15H20N2OS/c1-15(8-5-9-15)17-14(18)12(13(16)19)10-11-6-3-2-4-7-11/h2-4,6-7,12H,5,8-10H2,1H3,(H2,16,19)(H,17,18). The van der Waals surface area contributed by atoms with Crippen molar-refractivity contribution in [3.8, 4) is 0 Å². The lowest BCUT2D eigenvalue weighted by molar-refractivity contribution is -0.125. The number of benzene rings is 1. The number of carbonyl (C=O) groups excluding carboxylic acids is 1. The van der Waals surface area contributed by atoms with Crippen LogP contribution >= 0.6 is 12.2 Å². The number of nitrogens with one attached hydrogen (secondary N) is 1. The summed E-state index contributed by atoms with van der Waals surface area (Å²) in [5, 5.41) is 3.09. The zero-order valence-corrected chi connectivity index (χ0v) is 12.0. The summed E-state index contributed by atoms with van der Waals surface area (Å²) in [6.45, 7) is 2.08. The first kappa shape index (κ1) is 14.0. The van der Waals surface area contributed by atoms with Crippen molar-refractivity contribution >= 4 is 23.1 Å². The van der Waals surface area contributed by atoms with Gasteiger partial charge in [-0.15, -0.1) is 0 Å². The molecule has 3 nitrogen and oxygen atoms in total. The number of hydrogen-bond donors (Lipinski definition) is 2. The van der Waals surface area contributed by atoms with Crippen LogP contribution in [0, 0.1) is 5.92 Å². The number of rotatable bonds is 5. The molecule has 0 heterocycles. The summed E-state index contributed by atoms with van der Waals surface area (Å²) in [5.74, 6) is -0.464. The minimum atomic E-state index is -0.421. The SMILES string of the molecule is CC1(NC(=O)C(Cc2ccccc2)C(N)=S)CCC1. The van der Waals surface area contributed by atoms with Gasteiger partial charge in [0.25, 0.3) is 0 Å². The van der Waals surface area contributed by atoms with E-state index in [4.69, 9.17) is 18.0 Å². The predicted octanol–water partition coefficient (Wildman–Crippen LogP) is 2.19. The average Bonchev–Trinajstić information content (AvgIpc) is 2.34. The van der Waals surface area contributed by atoms with Crippen LogP contribution < -0.4 is 11.1 Å². The molecule has 1 unspecified atom stereocenters. The maximum atomic E-state index is 12.3. The van der Waals surface area contributed by atoms with Crippen LogP contribution in [0.2, 0.25) is 0 Å². The molecule has 19 heavy (non-hydrogen) atoms. The lowest BCUT2D eigenvalue weighted by Gasteiger charge is -2.40. The van der Waals surface area contributed by atoms with Gasteiger partial charge in [-0.3, -0.25) is 4.79 Å². The molecule has 4 heteroatoms. The van der Waals surface area contributed by atoms with E-state index in [-0.39, 0.29) is 16.4 Å². The van der Waals surface area contributed by atoms with Crippen molar-refractivity contribution in [2.75, 3.05) is 0 Å². The fraction of sp³-hybridized carbons (Fsp3) is 0.467. The monoisotopic (exact) mass is 276 g/mol. The molecule has 1 aromatic carbocycles. The van der Waals surface area contributed by atoms with Gasteiger partial charge in [-0.05, 0) is 38.2 Å². The fourth-order valence-corrected chi connectivity index (χ4v) is 2.58. The van der Waals surface area contributed by atoms with E-state index < -0.39 is 5.92 Å². The first-order valence-corrected chi connectivity index (χ1v) is 7.06. The van der Waals surface area contributed by atoms with Crippen LogP contribution in [0.25, 0.3) is 0 Å². The Kier molecular flexibility index (Phi) is 4.20.